The molecular formula is C44H65N7O11S2. The molecule has 1 aliphatic heterocycles. The fraction of sp³-hybridized carbons (Fsp3) is 0.568. The molecule has 354 valence electrons. The molecule has 1 fully saturated rings. The number of rotatable bonds is 17. The zero-order chi connectivity index (χ0) is 47.3. The number of carboxylic acid groups (broad SMARTS) is 1. The number of phenols is 1. The summed E-state index contributed by atoms with van der Waals surface area (Å²) in [7, 11) is -1.31. The molecule has 3 rings (SSSR count). The van der Waals surface area contributed by atoms with Gasteiger partial charge in [-0.1, -0.05) is 62.7 Å². The zero-order valence-electron chi connectivity index (χ0n) is 37.3. The molecule has 0 aliphatic carbocycles. The van der Waals surface area contributed by atoms with E-state index in [1.54, 1.807) is 26.0 Å². The third-order valence-electron chi connectivity index (χ3n) is 11.2. The molecule has 2 aromatic carbocycles. The van der Waals surface area contributed by atoms with Gasteiger partial charge in [0.05, 0.1) is 0 Å². The number of aryl methyl sites for hydroxylation is 2. The van der Waals surface area contributed by atoms with Gasteiger partial charge in [0, 0.05) is 59.2 Å². The number of carbonyl (C=O) groups excluding carboxylic acids is 6. The Morgan fingerprint density at radius 1 is 0.766 bits per heavy atom. The van der Waals surface area contributed by atoms with Crippen LogP contribution in [0.25, 0.3) is 0 Å². The second-order valence-electron chi connectivity index (χ2n) is 16.2. The van der Waals surface area contributed by atoms with Crippen molar-refractivity contribution in [3.8, 4) is 5.75 Å². The highest BCUT2D eigenvalue weighted by Crippen LogP contribution is 2.17. The third kappa shape index (κ3) is 18.0. The maximum absolute atomic E-state index is 14.7. The lowest BCUT2D eigenvalue weighted by atomic mass is 9.99. The monoisotopic (exact) mass is 931 g/mol. The van der Waals surface area contributed by atoms with E-state index < -0.39 is 105 Å². The summed E-state index contributed by atoms with van der Waals surface area (Å²) >= 11 is 0. The van der Waals surface area contributed by atoms with Crippen molar-refractivity contribution in [2.75, 3.05) is 37.6 Å². The first-order chi connectivity index (χ1) is 30.4. The summed E-state index contributed by atoms with van der Waals surface area (Å²) in [4.78, 5) is 97.5. The quantitative estimate of drug-likeness (QED) is 0.112. The Labute approximate surface area is 380 Å². The molecule has 64 heavy (non-hydrogen) atoms. The molecule has 0 bridgehead atoms. The van der Waals surface area contributed by atoms with E-state index in [4.69, 9.17) is 0 Å². The summed E-state index contributed by atoms with van der Waals surface area (Å²) in [5.41, 5.74) is 1.60. The molecule has 1 saturated heterocycles. The van der Waals surface area contributed by atoms with E-state index in [2.05, 4.69) is 31.9 Å². The number of likely N-dealkylation sites (N-methyl/N-ethyl adjacent to an activating group) is 1. The average Bonchev–Trinajstić information content (AvgIpc) is 3.26. The minimum Gasteiger partial charge on any atom is -0.508 e. The van der Waals surface area contributed by atoms with Crippen LogP contribution in [0.3, 0.4) is 0 Å². The fourth-order valence-electron chi connectivity index (χ4n) is 7.10. The Morgan fingerprint density at radius 3 is 1.92 bits per heavy atom. The highest BCUT2D eigenvalue weighted by molar-refractivity contribution is 7.84. The number of benzene rings is 2. The van der Waals surface area contributed by atoms with E-state index in [9.17, 15) is 52.2 Å². The SMILES string of the molecule is CCC(C)C(NC(=O)NC1CCCCNC(=O)C(CCS(C)=O)NC(=O)C(CCc2ccc(O)cc2)N(C)C(=O)C(CCc2ccccc2)NC(=O)C(CCS(C)=O)NC1=O)C(=O)O. The summed E-state index contributed by atoms with van der Waals surface area (Å²) in [6.07, 6.45) is 4.49. The van der Waals surface area contributed by atoms with Crippen molar-refractivity contribution < 1.29 is 52.2 Å². The molecular weight excluding hydrogens is 867 g/mol. The first kappa shape index (κ1) is 53.0. The number of nitrogens with one attached hydrogen (secondary N) is 6. The summed E-state index contributed by atoms with van der Waals surface area (Å²) in [5, 5.41) is 35.6. The maximum atomic E-state index is 14.7. The zero-order valence-corrected chi connectivity index (χ0v) is 38.9. The van der Waals surface area contributed by atoms with Gasteiger partial charge in [-0.25, -0.2) is 9.59 Å². The summed E-state index contributed by atoms with van der Waals surface area (Å²) in [6, 6.07) is 7.12. The van der Waals surface area contributed by atoms with E-state index in [-0.39, 0.29) is 75.2 Å². The number of hydrogen-bond donors (Lipinski definition) is 8. The van der Waals surface area contributed by atoms with Gasteiger partial charge >= 0.3 is 12.0 Å². The van der Waals surface area contributed by atoms with Crippen molar-refractivity contribution in [3.63, 3.8) is 0 Å². The van der Waals surface area contributed by atoms with Crippen LogP contribution in [0.15, 0.2) is 54.6 Å². The van der Waals surface area contributed by atoms with Gasteiger partial charge in [-0.05, 0) is 87.0 Å². The van der Waals surface area contributed by atoms with Crippen LogP contribution in [0, 0.1) is 5.92 Å². The third-order valence-corrected chi connectivity index (χ3v) is 12.8. The lowest BCUT2D eigenvalue weighted by Crippen LogP contribution is -2.60. The Balaban J connectivity index is 2.09. The lowest BCUT2D eigenvalue weighted by molar-refractivity contribution is -0.143. The van der Waals surface area contributed by atoms with Crippen molar-refractivity contribution in [1.82, 2.24) is 36.8 Å². The fourth-order valence-corrected chi connectivity index (χ4v) is 8.23. The van der Waals surface area contributed by atoms with Crippen LogP contribution >= 0.6 is 0 Å². The van der Waals surface area contributed by atoms with Gasteiger partial charge in [0.2, 0.25) is 29.5 Å². The Morgan fingerprint density at radius 2 is 1.33 bits per heavy atom. The van der Waals surface area contributed by atoms with Crippen molar-refractivity contribution in [3.05, 3.63) is 65.7 Å². The van der Waals surface area contributed by atoms with Crippen LogP contribution in [-0.4, -0.2) is 139 Å². The minimum atomic E-state index is -1.41. The molecule has 1 aliphatic rings. The van der Waals surface area contributed by atoms with E-state index in [1.807, 2.05) is 30.3 Å². The minimum absolute atomic E-state index is 0.00901. The molecule has 8 N–H and O–H groups in total. The number of carbonyl (C=O) groups is 7. The number of aliphatic carboxylic acids is 1. The lowest BCUT2D eigenvalue weighted by Gasteiger charge is -2.33. The number of hydrogen-bond acceptors (Lipinski definition) is 10. The second-order valence-corrected chi connectivity index (χ2v) is 19.3. The van der Waals surface area contributed by atoms with Gasteiger partial charge in [-0.3, -0.25) is 32.4 Å². The Hall–Kier alpha value is -5.37. The van der Waals surface area contributed by atoms with E-state index >= 15 is 0 Å². The van der Waals surface area contributed by atoms with Crippen LogP contribution in [0.4, 0.5) is 4.79 Å². The number of urea groups is 1. The van der Waals surface area contributed by atoms with Gasteiger partial charge in [-0.2, -0.15) is 0 Å². The predicted molar refractivity (Wildman–Crippen MR) is 244 cm³/mol. The Kier molecular flexibility index (Phi) is 22.4. The van der Waals surface area contributed by atoms with Gasteiger partial charge in [-0.15, -0.1) is 0 Å². The highest BCUT2D eigenvalue weighted by atomic mass is 32.2. The molecule has 7 amide bonds. The smallest absolute Gasteiger partial charge is 0.326 e. The van der Waals surface area contributed by atoms with Gasteiger partial charge < -0.3 is 47.0 Å². The normalized spacial score (nSPS) is 22.7. The number of nitrogens with zero attached hydrogens (tertiary/aromatic N) is 1. The highest BCUT2D eigenvalue weighted by Gasteiger charge is 2.36. The molecule has 9 unspecified atom stereocenters. The molecule has 20 heteroatoms. The molecule has 18 nitrogen and oxygen atoms in total. The van der Waals surface area contributed by atoms with Crippen LogP contribution < -0.4 is 31.9 Å². The maximum Gasteiger partial charge on any atom is 0.326 e. The molecule has 0 radical (unpaired) electrons. The van der Waals surface area contributed by atoms with Gasteiger partial charge in [0.1, 0.15) is 42.0 Å². The number of aromatic hydroxyl groups is 1. The van der Waals surface area contributed by atoms with Crippen LogP contribution in [0.5, 0.6) is 5.75 Å². The topological polar surface area (TPSA) is 270 Å². The number of amides is 7. The van der Waals surface area contributed by atoms with Crippen LogP contribution in [0.2, 0.25) is 0 Å². The largest absolute Gasteiger partial charge is 0.508 e. The second kappa shape index (κ2) is 27.1. The molecule has 0 aromatic heterocycles. The average molecular weight is 932 g/mol. The number of phenolic OH excluding ortho intramolecular Hbond substituents is 1. The van der Waals surface area contributed by atoms with E-state index in [1.165, 1.54) is 36.6 Å². The summed E-state index contributed by atoms with van der Waals surface area (Å²) in [5.74, 6) is -5.06. The van der Waals surface area contributed by atoms with Crippen molar-refractivity contribution in [1.29, 1.82) is 0 Å². The molecule has 0 saturated carbocycles. The van der Waals surface area contributed by atoms with E-state index in [0.29, 0.717) is 12.8 Å². The van der Waals surface area contributed by atoms with E-state index in [0.717, 1.165) is 11.1 Å². The van der Waals surface area contributed by atoms with Crippen LogP contribution in [-0.2, 0) is 63.2 Å². The van der Waals surface area contributed by atoms with Crippen molar-refractivity contribution in [2.24, 2.45) is 5.92 Å². The number of carboxylic acids is 1. The van der Waals surface area contributed by atoms with Gasteiger partial charge in [0.25, 0.3) is 0 Å². The van der Waals surface area contributed by atoms with Gasteiger partial charge in [0.15, 0.2) is 0 Å². The molecule has 9 atom stereocenters. The first-order valence-electron chi connectivity index (χ1n) is 21.6. The molecule has 0 spiro atoms. The molecule has 2 aromatic rings. The Bertz CT molecular complexity index is 1940. The molecule has 1 heterocycles. The summed E-state index contributed by atoms with van der Waals surface area (Å²) < 4.78 is 24.5. The standard InChI is InChI=1S/C44H65N7O11S2/c1-6-28(2)37(43(58)59)50-44(60)49-32-14-10-11-25-45-38(53)33(23-26-63(4)61)47-41(56)36(22-18-30-15-19-31(52)20-16-30)51(3)42(57)35(21-17-29-12-8-7-9-13-29)48-40(55)34(46-39(32)54)24-27-64(5)62/h7-9,12-13,15-16,19-20,28,32-37,52H,6,10-11,14,17-18,21-27H2,1-5H3,(H,45,53)(H,46,54)(H,47,56)(H,48,55)(H,58,59)(H2,49,50,60). The summed E-state index contributed by atoms with van der Waals surface area (Å²) in [6.45, 7) is 3.50. The first-order valence-corrected chi connectivity index (χ1v) is 25.0. The van der Waals surface area contributed by atoms with Crippen molar-refractivity contribution >= 4 is 63.1 Å². The van der Waals surface area contributed by atoms with Crippen LogP contribution in [0.1, 0.15) is 76.3 Å². The van der Waals surface area contributed by atoms with Crippen molar-refractivity contribution in [2.45, 2.75) is 114 Å². The predicted octanol–water partition coefficient (Wildman–Crippen LogP) is 1.24.